The number of hydrogen-bond donors (Lipinski definition) is 0. The summed E-state index contributed by atoms with van der Waals surface area (Å²) >= 11 is 0. The Hall–Kier alpha value is -1.31. The van der Waals surface area contributed by atoms with Crippen LogP contribution in [-0.2, 0) is 0 Å². The average molecular weight is 149 g/mol. The molecule has 0 aliphatic heterocycles. The summed E-state index contributed by atoms with van der Waals surface area (Å²) in [7, 11) is 0. The Morgan fingerprint density at radius 2 is 2.36 bits per heavy atom. The Kier molecular flexibility index (Phi) is 2.26. The molecule has 0 N–H and O–H groups in total. The van der Waals surface area contributed by atoms with E-state index < -0.39 is 0 Å². The molecule has 2 nitrogen and oxygen atoms in total. The van der Waals surface area contributed by atoms with E-state index in [0.29, 0.717) is 0 Å². The van der Waals surface area contributed by atoms with Gasteiger partial charge in [-0.2, -0.15) is 0 Å². The lowest BCUT2D eigenvalue weighted by Crippen LogP contribution is -1.66. The Balaban J connectivity index is 3.03. The third-order valence-corrected chi connectivity index (χ3v) is 1.26. The van der Waals surface area contributed by atoms with Crippen molar-refractivity contribution >= 4 is 18.5 Å². The highest BCUT2D eigenvalue weighted by atomic mass is 16.3. The van der Waals surface area contributed by atoms with Crippen LogP contribution in [0.1, 0.15) is 19.6 Å². The molecule has 0 spiro atoms. The number of hydrogen-bond acceptors (Lipinski definition) is 2. The van der Waals surface area contributed by atoms with Crippen molar-refractivity contribution in [2.75, 3.05) is 0 Å². The zero-order valence-corrected chi connectivity index (χ0v) is 6.79. The molecule has 0 atom stereocenters. The highest BCUT2D eigenvalue weighted by Gasteiger charge is 1.98. The zero-order valence-electron chi connectivity index (χ0n) is 6.79. The first kappa shape index (κ1) is 7.79. The SMILES string of the molecule is C=Nc1ccoc1C=C(C)C. The summed E-state index contributed by atoms with van der Waals surface area (Å²) in [5.74, 6) is 0.778. The van der Waals surface area contributed by atoms with Gasteiger partial charge in [0.05, 0.1) is 6.26 Å². The van der Waals surface area contributed by atoms with Crippen molar-refractivity contribution in [2.45, 2.75) is 13.8 Å². The number of furan rings is 1. The molecule has 0 saturated carbocycles. The molecule has 0 aliphatic rings. The maximum atomic E-state index is 5.16. The van der Waals surface area contributed by atoms with Gasteiger partial charge in [-0.15, -0.1) is 0 Å². The predicted octanol–water partition coefficient (Wildman–Crippen LogP) is 3.03. The van der Waals surface area contributed by atoms with Crippen molar-refractivity contribution in [3.63, 3.8) is 0 Å². The molecule has 0 fully saturated rings. The van der Waals surface area contributed by atoms with Gasteiger partial charge in [0.2, 0.25) is 0 Å². The van der Waals surface area contributed by atoms with E-state index in [1.165, 1.54) is 5.57 Å². The molecule has 1 rings (SSSR count). The van der Waals surface area contributed by atoms with Gasteiger partial charge in [-0.05, 0) is 26.6 Å². The summed E-state index contributed by atoms with van der Waals surface area (Å²) in [6.45, 7) is 7.45. The Morgan fingerprint density at radius 1 is 1.64 bits per heavy atom. The number of allylic oxidation sites excluding steroid dienone is 1. The molecule has 1 heterocycles. The quantitative estimate of drug-likeness (QED) is 0.593. The van der Waals surface area contributed by atoms with Crippen molar-refractivity contribution in [1.82, 2.24) is 0 Å². The van der Waals surface area contributed by atoms with Crippen LogP contribution in [0.25, 0.3) is 6.08 Å². The third-order valence-electron chi connectivity index (χ3n) is 1.26. The maximum Gasteiger partial charge on any atom is 0.152 e. The molecule has 0 aromatic carbocycles. The van der Waals surface area contributed by atoms with Crippen LogP contribution in [0, 0.1) is 0 Å². The molecule has 58 valence electrons. The molecule has 0 radical (unpaired) electrons. The van der Waals surface area contributed by atoms with E-state index in [-0.39, 0.29) is 0 Å². The second kappa shape index (κ2) is 3.19. The monoisotopic (exact) mass is 149 g/mol. The molecule has 0 saturated heterocycles. The fourth-order valence-corrected chi connectivity index (χ4v) is 0.815. The Labute approximate surface area is 66.3 Å². The average Bonchev–Trinajstić information content (AvgIpc) is 2.34. The third kappa shape index (κ3) is 1.80. The lowest BCUT2D eigenvalue weighted by molar-refractivity contribution is 0.557. The van der Waals surface area contributed by atoms with Crippen molar-refractivity contribution in [3.8, 4) is 0 Å². The first-order valence-electron chi connectivity index (χ1n) is 3.43. The van der Waals surface area contributed by atoms with Crippen LogP contribution in [0.5, 0.6) is 0 Å². The molecule has 0 amide bonds. The van der Waals surface area contributed by atoms with E-state index in [0.717, 1.165) is 11.4 Å². The maximum absolute atomic E-state index is 5.16. The Bertz CT molecular complexity index is 280. The first-order chi connectivity index (χ1) is 5.24. The van der Waals surface area contributed by atoms with Crippen LogP contribution >= 0.6 is 0 Å². The molecule has 0 bridgehead atoms. The van der Waals surface area contributed by atoms with Crippen LogP contribution in [0.15, 0.2) is 27.3 Å². The van der Waals surface area contributed by atoms with Crippen LogP contribution in [-0.4, -0.2) is 6.72 Å². The summed E-state index contributed by atoms with van der Waals surface area (Å²) in [6.07, 6.45) is 3.54. The highest BCUT2D eigenvalue weighted by Crippen LogP contribution is 2.21. The van der Waals surface area contributed by atoms with Gasteiger partial charge in [0.15, 0.2) is 5.76 Å². The minimum absolute atomic E-state index is 0.778. The van der Waals surface area contributed by atoms with Gasteiger partial charge in [-0.25, -0.2) is 0 Å². The van der Waals surface area contributed by atoms with Crippen LogP contribution in [0.3, 0.4) is 0 Å². The van der Waals surface area contributed by atoms with Gasteiger partial charge in [0, 0.05) is 6.07 Å². The van der Waals surface area contributed by atoms with E-state index in [4.69, 9.17) is 4.42 Å². The molecule has 0 unspecified atom stereocenters. The second-order valence-electron chi connectivity index (χ2n) is 2.55. The first-order valence-corrected chi connectivity index (χ1v) is 3.43. The topological polar surface area (TPSA) is 25.5 Å². The van der Waals surface area contributed by atoms with Crippen LogP contribution in [0.2, 0.25) is 0 Å². The van der Waals surface area contributed by atoms with Gasteiger partial charge in [-0.1, -0.05) is 5.57 Å². The summed E-state index contributed by atoms with van der Waals surface area (Å²) in [5.41, 5.74) is 1.98. The summed E-state index contributed by atoms with van der Waals surface area (Å²) < 4.78 is 5.16. The van der Waals surface area contributed by atoms with E-state index in [1.54, 1.807) is 12.3 Å². The minimum Gasteiger partial charge on any atom is -0.463 e. The summed E-state index contributed by atoms with van der Waals surface area (Å²) in [4.78, 5) is 3.80. The lowest BCUT2D eigenvalue weighted by atomic mass is 10.2. The van der Waals surface area contributed by atoms with Crippen molar-refractivity contribution < 1.29 is 4.42 Å². The predicted molar refractivity (Wildman–Crippen MR) is 47.2 cm³/mol. The second-order valence-corrected chi connectivity index (χ2v) is 2.55. The molecule has 1 aromatic rings. The van der Waals surface area contributed by atoms with Gasteiger partial charge >= 0.3 is 0 Å². The largest absolute Gasteiger partial charge is 0.463 e. The van der Waals surface area contributed by atoms with Crippen LogP contribution < -0.4 is 0 Å². The number of rotatable bonds is 2. The smallest absolute Gasteiger partial charge is 0.152 e. The zero-order chi connectivity index (χ0) is 8.27. The van der Waals surface area contributed by atoms with Crippen LogP contribution in [0.4, 0.5) is 5.69 Å². The summed E-state index contributed by atoms with van der Waals surface area (Å²) in [6, 6.07) is 1.79. The minimum atomic E-state index is 0.778. The molecule has 0 aliphatic carbocycles. The van der Waals surface area contributed by atoms with E-state index in [1.807, 2.05) is 19.9 Å². The molecule has 1 aromatic heterocycles. The molecular weight excluding hydrogens is 138 g/mol. The van der Waals surface area contributed by atoms with E-state index in [2.05, 4.69) is 11.7 Å². The van der Waals surface area contributed by atoms with Gasteiger partial charge in [0.25, 0.3) is 0 Å². The van der Waals surface area contributed by atoms with Crippen molar-refractivity contribution in [3.05, 3.63) is 23.7 Å². The van der Waals surface area contributed by atoms with Gasteiger partial charge in [-0.3, -0.25) is 4.99 Å². The fourth-order valence-electron chi connectivity index (χ4n) is 0.815. The van der Waals surface area contributed by atoms with Crippen molar-refractivity contribution in [1.29, 1.82) is 0 Å². The van der Waals surface area contributed by atoms with E-state index >= 15 is 0 Å². The molecular formula is C9H11NO. The lowest BCUT2D eigenvalue weighted by Gasteiger charge is -1.89. The standard InChI is InChI=1S/C9H11NO/c1-7(2)6-9-8(10-3)4-5-11-9/h4-6H,3H2,1-2H3. The Morgan fingerprint density at radius 3 is 2.91 bits per heavy atom. The highest BCUT2D eigenvalue weighted by molar-refractivity contribution is 5.62. The number of aliphatic imine (C=N–C) groups is 1. The number of nitrogens with zero attached hydrogens (tertiary/aromatic N) is 1. The van der Waals surface area contributed by atoms with Gasteiger partial charge in [0.1, 0.15) is 5.69 Å². The normalized spacial score (nSPS) is 9.27. The summed E-state index contributed by atoms with van der Waals surface area (Å²) in [5, 5.41) is 0. The van der Waals surface area contributed by atoms with E-state index in [9.17, 15) is 0 Å². The van der Waals surface area contributed by atoms with Gasteiger partial charge < -0.3 is 4.42 Å². The molecule has 11 heavy (non-hydrogen) atoms. The van der Waals surface area contributed by atoms with Crippen molar-refractivity contribution in [2.24, 2.45) is 4.99 Å². The molecule has 2 heteroatoms. The fraction of sp³-hybridized carbons (Fsp3) is 0.222.